The van der Waals surface area contributed by atoms with Crippen molar-refractivity contribution in [1.29, 1.82) is 0 Å². The van der Waals surface area contributed by atoms with Crippen molar-refractivity contribution in [2.75, 3.05) is 6.54 Å². The highest BCUT2D eigenvalue weighted by atomic mass is 19.1. The smallest absolute Gasteiger partial charge is 0.123 e. The first-order chi connectivity index (χ1) is 18.6. The van der Waals surface area contributed by atoms with Crippen LogP contribution >= 0.6 is 0 Å². The highest BCUT2D eigenvalue weighted by Crippen LogP contribution is 2.26. The first-order valence-electron chi connectivity index (χ1n) is 14.3. The maximum Gasteiger partial charge on any atom is 0.123 e. The lowest BCUT2D eigenvalue weighted by Gasteiger charge is -2.14. The summed E-state index contributed by atoms with van der Waals surface area (Å²) in [5, 5.41) is 0. The van der Waals surface area contributed by atoms with Crippen molar-refractivity contribution in [3.05, 3.63) is 114 Å². The number of nitrogens with zero attached hydrogens (tertiary/aromatic N) is 1. The van der Waals surface area contributed by atoms with Crippen LogP contribution in [0.1, 0.15) is 89.5 Å². The molecule has 3 rings (SSSR count). The second kappa shape index (κ2) is 24.1. The zero-order chi connectivity index (χ0) is 30.2. The van der Waals surface area contributed by atoms with E-state index in [0.717, 1.165) is 17.7 Å². The van der Waals surface area contributed by atoms with Gasteiger partial charge in [-0.25, -0.2) is 4.39 Å². The number of unbranched alkanes of at least 4 members (excludes halogenated alkanes) is 3. The fourth-order valence-electron chi connectivity index (χ4n) is 3.78. The lowest BCUT2D eigenvalue weighted by atomic mass is 9.91. The van der Waals surface area contributed by atoms with Gasteiger partial charge < -0.3 is 0 Å². The Morgan fingerprint density at radius 3 is 1.87 bits per heavy atom. The number of hydrogen-bond acceptors (Lipinski definition) is 1. The molecule has 0 fully saturated rings. The van der Waals surface area contributed by atoms with Gasteiger partial charge >= 0.3 is 0 Å². The van der Waals surface area contributed by atoms with Gasteiger partial charge in [-0.05, 0) is 86.4 Å². The maximum atomic E-state index is 12.4. The van der Waals surface area contributed by atoms with Gasteiger partial charge in [-0.15, -0.1) is 19.7 Å². The molecule has 2 unspecified atom stereocenters. The van der Waals surface area contributed by atoms with Crippen LogP contribution < -0.4 is 0 Å². The van der Waals surface area contributed by atoms with E-state index < -0.39 is 0 Å². The number of aryl methyl sites for hydroxylation is 3. The monoisotopic (exact) mass is 533 g/mol. The van der Waals surface area contributed by atoms with Gasteiger partial charge in [-0.1, -0.05) is 108 Å². The van der Waals surface area contributed by atoms with Crippen LogP contribution in [0.4, 0.5) is 4.39 Å². The molecular formula is C37H56FN. The van der Waals surface area contributed by atoms with Crippen LogP contribution in [0.25, 0.3) is 5.57 Å². The lowest BCUT2D eigenvalue weighted by Crippen LogP contribution is -2.07. The van der Waals surface area contributed by atoms with Crippen LogP contribution in [-0.2, 0) is 0 Å². The predicted molar refractivity (Wildman–Crippen MR) is 177 cm³/mol. The quantitative estimate of drug-likeness (QED) is 0.274. The van der Waals surface area contributed by atoms with Crippen molar-refractivity contribution in [1.82, 2.24) is 0 Å². The summed E-state index contributed by atoms with van der Waals surface area (Å²) in [4.78, 5) is 4.53. The summed E-state index contributed by atoms with van der Waals surface area (Å²) in [7, 11) is 0. The van der Waals surface area contributed by atoms with Crippen LogP contribution in [0.5, 0.6) is 0 Å². The largest absolute Gasteiger partial charge is 0.293 e. The first kappa shape index (κ1) is 38.1. The molecule has 0 amide bonds. The molecule has 0 bridgehead atoms. The molecule has 0 aromatic heterocycles. The Morgan fingerprint density at radius 2 is 1.41 bits per heavy atom. The van der Waals surface area contributed by atoms with E-state index in [1.165, 1.54) is 60.1 Å². The van der Waals surface area contributed by atoms with Crippen LogP contribution in [0, 0.1) is 38.4 Å². The summed E-state index contributed by atoms with van der Waals surface area (Å²) in [6, 6.07) is 13.6. The van der Waals surface area contributed by atoms with E-state index in [2.05, 4.69) is 109 Å². The van der Waals surface area contributed by atoms with Gasteiger partial charge in [0.05, 0.1) is 6.54 Å². The molecule has 0 spiro atoms. The molecule has 2 atom stereocenters. The van der Waals surface area contributed by atoms with Gasteiger partial charge in [0.2, 0.25) is 0 Å². The minimum atomic E-state index is -0.146. The summed E-state index contributed by atoms with van der Waals surface area (Å²) in [5.41, 5.74) is 7.27. The van der Waals surface area contributed by atoms with E-state index in [1.807, 2.05) is 26.8 Å². The van der Waals surface area contributed by atoms with Gasteiger partial charge in [0.25, 0.3) is 0 Å². The maximum absolute atomic E-state index is 12.4. The molecule has 0 aliphatic carbocycles. The molecule has 1 aliphatic rings. The van der Waals surface area contributed by atoms with E-state index in [9.17, 15) is 4.39 Å². The van der Waals surface area contributed by atoms with E-state index in [4.69, 9.17) is 0 Å². The molecule has 0 saturated carbocycles. The van der Waals surface area contributed by atoms with Crippen molar-refractivity contribution in [3.8, 4) is 0 Å². The lowest BCUT2D eigenvalue weighted by molar-refractivity contribution is 0.600. The molecule has 1 aliphatic heterocycles. The number of hydrogen-bond donors (Lipinski definition) is 0. The van der Waals surface area contributed by atoms with Crippen LogP contribution in [0.15, 0.2) is 91.0 Å². The van der Waals surface area contributed by atoms with Crippen LogP contribution in [-0.4, -0.2) is 12.8 Å². The summed E-state index contributed by atoms with van der Waals surface area (Å²) in [6.45, 7) is 29.1. The number of benzene rings is 2. The number of allylic oxidation sites excluding steroid dienone is 4. The number of rotatable bonds is 4. The zero-order valence-corrected chi connectivity index (χ0v) is 26.5. The standard InChI is InChI=1S/C18H23N.C8H9F.C6H14.C3H6.C2H4/c1-13-9-17(18-8-6-5-7-14(18)2)10-15(3)16(4)12-19-11-13;1-6-3-7(2)5-8(9)4-6;1-3-5-6-4-2;1-3-2;1-2/h5-10,12,15-16H,11H2,1-4H3;3-5H,1-2H3;3-6H2,1-2H3;3H,1H2,2H3;1-2H2/b13-9-,17-10+,19-12?;;;;. The molecule has 39 heavy (non-hydrogen) atoms. The normalized spacial score (nSPS) is 18.4. The van der Waals surface area contributed by atoms with Crippen molar-refractivity contribution >= 4 is 11.8 Å². The highest BCUT2D eigenvalue weighted by molar-refractivity contribution is 5.77. The van der Waals surface area contributed by atoms with E-state index in [-0.39, 0.29) is 5.82 Å². The molecule has 0 radical (unpaired) electrons. The fourth-order valence-corrected chi connectivity index (χ4v) is 3.78. The Morgan fingerprint density at radius 1 is 0.897 bits per heavy atom. The topological polar surface area (TPSA) is 12.4 Å². The molecule has 1 nitrogen and oxygen atoms in total. The Hall–Kier alpha value is -3.00. The molecule has 1 heterocycles. The van der Waals surface area contributed by atoms with Crippen molar-refractivity contribution < 1.29 is 4.39 Å². The molecular weight excluding hydrogens is 477 g/mol. The SMILES string of the molecule is C/C1=C/C(c2ccccc2C)=C\C(C)C(C)C=NC1.C=C.C=CC.CCCCCC.Cc1cc(C)cc(F)c1. The Balaban J connectivity index is 0. The average Bonchev–Trinajstić information content (AvgIpc) is 2.94. The Bertz CT molecular complexity index is 957. The molecule has 2 aromatic rings. The minimum Gasteiger partial charge on any atom is -0.293 e. The summed E-state index contributed by atoms with van der Waals surface area (Å²) < 4.78 is 12.4. The van der Waals surface area contributed by atoms with Gasteiger partial charge in [0.1, 0.15) is 5.82 Å². The fraction of sp³-hybridized carbons (Fsp3) is 0.432. The van der Waals surface area contributed by atoms with Gasteiger partial charge in [-0.2, -0.15) is 0 Å². The third-order valence-electron chi connectivity index (χ3n) is 5.95. The second-order valence-electron chi connectivity index (χ2n) is 10.1. The van der Waals surface area contributed by atoms with E-state index in [0.29, 0.717) is 11.8 Å². The number of halogens is 1. The molecule has 2 heteroatoms. The van der Waals surface area contributed by atoms with E-state index in [1.54, 1.807) is 6.08 Å². The Kier molecular flexibility index (Phi) is 23.5. The van der Waals surface area contributed by atoms with Crippen molar-refractivity contribution in [2.45, 2.75) is 88.0 Å². The van der Waals surface area contributed by atoms with Gasteiger partial charge in [0.15, 0.2) is 0 Å². The average molecular weight is 534 g/mol. The van der Waals surface area contributed by atoms with Crippen molar-refractivity contribution in [3.63, 3.8) is 0 Å². The van der Waals surface area contributed by atoms with Crippen molar-refractivity contribution in [2.24, 2.45) is 16.8 Å². The zero-order valence-electron chi connectivity index (χ0n) is 26.5. The van der Waals surface area contributed by atoms with Gasteiger partial charge in [0, 0.05) is 6.21 Å². The third kappa shape index (κ3) is 18.8. The predicted octanol–water partition coefficient (Wildman–Crippen LogP) is 11.7. The number of aliphatic imine (C=N–C) groups is 1. The van der Waals surface area contributed by atoms with Crippen LogP contribution in [0.2, 0.25) is 0 Å². The third-order valence-corrected chi connectivity index (χ3v) is 5.95. The van der Waals surface area contributed by atoms with Gasteiger partial charge in [-0.3, -0.25) is 4.99 Å². The molecule has 2 aromatic carbocycles. The summed E-state index contributed by atoms with van der Waals surface area (Å²) in [6.07, 6.45) is 14.1. The summed E-state index contributed by atoms with van der Waals surface area (Å²) >= 11 is 0. The van der Waals surface area contributed by atoms with E-state index >= 15 is 0 Å². The first-order valence-corrected chi connectivity index (χ1v) is 14.3. The molecule has 0 saturated heterocycles. The Labute approximate surface area is 241 Å². The highest BCUT2D eigenvalue weighted by Gasteiger charge is 2.12. The van der Waals surface area contributed by atoms with Crippen LogP contribution in [0.3, 0.4) is 0 Å². The molecule has 216 valence electrons. The minimum absolute atomic E-state index is 0.146. The molecule has 0 N–H and O–H groups in total. The summed E-state index contributed by atoms with van der Waals surface area (Å²) in [5.74, 6) is 0.839. The second-order valence-corrected chi connectivity index (χ2v) is 10.1.